The average molecular weight is 685 g/mol. The van der Waals surface area contributed by atoms with Gasteiger partial charge in [0.2, 0.25) is 0 Å². The highest BCUT2D eigenvalue weighted by Crippen LogP contribution is 2.61. The van der Waals surface area contributed by atoms with Crippen LogP contribution in [0.2, 0.25) is 0 Å². The van der Waals surface area contributed by atoms with Crippen molar-refractivity contribution < 1.29 is 27.8 Å². The maximum Gasteiger partial charge on any atom is 0.331 e. The average Bonchev–Trinajstić information content (AvgIpc) is 3.46. The molecule has 264 valence electrons. The maximum atomic E-state index is 15.4. The Balaban J connectivity index is 1.37. The molecule has 50 heavy (non-hydrogen) atoms. The Morgan fingerprint density at radius 1 is 0.700 bits per heavy atom. The zero-order valence-corrected chi connectivity index (χ0v) is 29.9. The highest BCUT2D eigenvalue weighted by molar-refractivity contribution is 5.92. The number of rotatable bonds is 6. The minimum atomic E-state index is -1.32. The van der Waals surface area contributed by atoms with Gasteiger partial charge in [-0.1, -0.05) is 27.7 Å². The van der Waals surface area contributed by atoms with E-state index in [1.165, 1.54) is 24.3 Å². The number of carbonyl (C=O) groups is 2. The van der Waals surface area contributed by atoms with Gasteiger partial charge in [0.1, 0.15) is 22.8 Å². The zero-order chi connectivity index (χ0) is 36.2. The molecule has 8 nitrogen and oxygen atoms in total. The van der Waals surface area contributed by atoms with Crippen molar-refractivity contribution in [2.75, 3.05) is 40.3 Å². The summed E-state index contributed by atoms with van der Waals surface area (Å²) in [5.74, 6) is -2.89. The third kappa shape index (κ3) is 5.52. The summed E-state index contributed by atoms with van der Waals surface area (Å²) in [7, 11) is 4.04. The number of esters is 2. The number of halogens is 2. The third-order valence-corrected chi connectivity index (χ3v) is 12.2. The van der Waals surface area contributed by atoms with Crippen molar-refractivity contribution >= 4 is 11.9 Å². The number of hydrogen-bond donors (Lipinski definition) is 0. The molecular weight excluding hydrogens is 638 g/mol. The summed E-state index contributed by atoms with van der Waals surface area (Å²) in [6.45, 7) is 10.7. The number of ether oxygens (including phenoxy) is 2. The molecular formula is C40H46F2N4O4. The predicted octanol–water partition coefficient (Wildman–Crippen LogP) is 6.29. The van der Waals surface area contributed by atoms with Crippen LogP contribution in [-0.4, -0.2) is 62.0 Å². The molecule has 0 aromatic heterocycles. The molecule has 2 heterocycles. The van der Waals surface area contributed by atoms with E-state index in [0.29, 0.717) is 47.9 Å². The van der Waals surface area contributed by atoms with Gasteiger partial charge in [-0.3, -0.25) is 0 Å². The summed E-state index contributed by atoms with van der Waals surface area (Å²) in [6.07, 6.45) is 5.33. The van der Waals surface area contributed by atoms with Crippen LogP contribution in [0.15, 0.2) is 36.4 Å². The normalized spacial score (nSPS) is 26.6. The van der Waals surface area contributed by atoms with Crippen LogP contribution in [0.25, 0.3) is 0 Å². The van der Waals surface area contributed by atoms with Crippen LogP contribution in [0.5, 0.6) is 0 Å². The van der Waals surface area contributed by atoms with Crippen molar-refractivity contribution in [2.24, 2.45) is 22.7 Å². The second kappa shape index (κ2) is 12.9. The van der Waals surface area contributed by atoms with Crippen molar-refractivity contribution in [2.45, 2.75) is 77.4 Å². The minimum Gasteiger partial charge on any atom is -0.450 e. The number of nitrogens with zero attached hydrogens (tertiary/aromatic N) is 4. The summed E-state index contributed by atoms with van der Waals surface area (Å²) in [6, 6.07) is 9.91. The molecule has 2 atom stereocenters. The Hall–Kier alpha value is -4.12. The highest BCUT2D eigenvalue weighted by Gasteiger charge is 2.63. The number of carbonyl (C=O) groups excluding carboxylic acids is 2. The summed E-state index contributed by atoms with van der Waals surface area (Å²) < 4.78 is 43.7. The number of fused-ring (bicyclic) bond motifs is 2. The number of benzene rings is 2. The molecule has 6 rings (SSSR count). The topological polar surface area (TPSA) is 107 Å². The molecule has 2 unspecified atom stereocenters. The Kier molecular flexibility index (Phi) is 9.20. The van der Waals surface area contributed by atoms with Crippen LogP contribution in [-0.2, 0) is 43.1 Å². The minimum absolute atomic E-state index is 0.198. The lowest BCUT2D eigenvalue weighted by Crippen LogP contribution is -2.52. The SMILES string of the molecule is CN1CCC(C2(OC(=O)/C=C/C(=O)OC3(C4CCN(C)CC4)c4c(C#N)ccc(F)c4CC3(C)C)c3c(C#N)ccc(F)c3CC2(C)C)CC1. The van der Waals surface area contributed by atoms with Crippen LogP contribution >= 0.6 is 0 Å². The van der Waals surface area contributed by atoms with E-state index in [9.17, 15) is 20.1 Å². The first-order chi connectivity index (χ1) is 23.6. The molecule has 0 radical (unpaired) electrons. The van der Waals surface area contributed by atoms with Gasteiger partial charge >= 0.3 is 11.9 Å². The van der Waals surface area contributed by atoms with Crippen molar-refractivity contribution in [3.63, 3.8) is 0 Å². The molecule has 2 aliphatic heterocycles. The van der Waals surface area contributed by atoms with Gasteiger partial charge in [-0.2, -0.15) is 10.5 Å². The molecule has 2 aromatic rings. The van der Waals surface area contributed by atoms with Crippen LogP contribution in [0, 0.1) is 57.0 Å². The molecule has 0 bridgehead atoms. The van der Waals surface area contributed by atoms with E-state index in [0.717, 1.165) is 38.3 Å². The molecule has 2 fully saturated rings. The Labute approximate surface area is 293 Å². The first-order valence-corrected chi connectivity index (χ1v) is 17.6. The number of hydrogen-bond acceptors (Lipinski definition) is 8. The fourth-order valence-electron chi connectivity index (χ4n) is 9.86. The quantitative estimate of drug-likeness (QED) is 0.258. The predicted molar refractivity (Wildman–Crippen MR) is 182 cm³/mol. The lowest BCUT2D eigenvalue weighted by Gasteiger charge is -2.49. The molecule has 2 saturated heterocycles. The fraction of sp³-hybridized carbons (Fsp3) is 0.550. The molecule has 10 heteroatoms. The molecule has 0 amide bonds. The fourth-order valence-corrected chi connectivity index (χ4v) is 9.86. The standard InChI is InChI=1S/C40H46F2N4O4/c1-37(2)21-29-31(41)9-7-25(23-43)35(29)39(37,27-13-17-45(5)18-14-27)49-33(47)11-12-34(48)50-40(28-15-19-46(6)20-16-28)36-26(24-44)8-10-32(42)30(36)22-38(40,3)4/h7-12,27-28H,13-22H2,1-6H3/b12-11+. The van der Waals surface area contributed by atoms with E-state index < -0.39 is 45.6 Å². The van der Waals surface area contributed by atoms with Crippen LogP contribution in [0.1, 0.15) is 86.8 Å². The Morgan fingerprint density at radius 3 is 1.36 bits per heavy atom. The van der Waals surface area contributed by atoms with Gasteiger partial charge in [-0.05, 0) is 114 Å². The highest BCUT2D eigenvalue weighted by atomic mass is 19.1. The van der Waals surface area contributed by atoms with E-state index in [-0.39, 0.29) is 35.8 Å². The van der Waals surface area contributed by atoms with E-state index in [2.05, 4.69) is 21.9 Å². The van der Waals surface area contributed by atoms with E-state index >= 15 is 8.78 Å². The van der Waals surface area contributed by atoms with Gasteiger partial charge < -0.3 is 19.3 Å². The third-order valence-electron chi connectivity index (χ3n) is 12.2. The monoisotopic (exact) mass is 684 g/mol. The van der Waals surface area contributed by atoms with Gasteiger partial charge in [0.15, 0.2) is 0 Å². The second-order valence-corrected chi connectivity index (χ2v) is 16.0. The summed E-state index contributed by atoms with van der Waals surface area (Å²) >= 11 is 0. The number of likely N-dealkylation sites (tertiary alicyclic amines) is 2. The number of piperidine rings is 2. The summed E-state index contributed by atoms with van der Waals surface area (Å²) in [4.78, 5) is 32.2. The van der Waals surface area contributed by atoms with Crippen LogP contribution in [0.3, 0.4) is 0 Å². The van der Waals surface area contributed by atoms with E-state index in [1.54, 1.807) is 0 Å². The first kappa shape index (κ1) is 35.7. The van der Waals surface area contributed by atoms with Gasteiger partial charge in [-0.25, -0.2) is 18.4 Å². The smallest absolute Gasteiger partial charge is 0.331 e. The zero-order valence-electron chi connectivity index (χ0n) is 29.9. The summed E-state index contributed by atoms with van der Waals surface area (Å²) in [5, 5.41) is 20.3. The van der Waals surface area contributed by atoms with Crippen LogP contribution in [0.4, 0.5) is 8.78 Å². The Bertz CT molecular complexity index is 1690. The molecule has 2 aromatic carbocycles. The van der Waals surface area contributed by atoms with Crippen LogP contribution < -0.4 is 0 Å². The van der Waals surface area contributed by atoms with E-state index in [4.69, 9.17) is 9.47 Å². The second-order valence-electron chi connectivity index (χ2n) is 16.0. The van der Waals surface area contributed by atoms with E-state index in [1.807, 2.05) is 41.8 Å². The lowest BCUT2D eigenvalue weighted by molar-refractivity contribution is -0.188. The largest absolute Gasteiger partial charge is 0.450 e. The number of nitriles is 2. The molecule has 0 saturated carbocycles. The van der Waals surface area contributed by atoms with Gasteiger partial charge in [0.05, 0.1) is 23.3 Å². The van der Waals surface area contributed by atoms with Gasteiger partial charge in [0.25, 0.3) is 0 Å². The van der Waals surface area contributed by atoms with Crippen molar-refractivity contribution in [3.05, 3.63) is 81.4 Å². The molecule has 4 aliphatic rings. The van der Waals surface area contributed by atoms with Crippen molar-refractivity contribution in [1.82, 2.24) is 9.80 Å². The van der Waals surface area contributed by atoms with Crippen molar-refractivity contribution in [3.8, 4) is 12.1 Å². The van der Waals surface area contributed by atoms with Gasteiger partial charge in [0, 0.05) is 45.9 Å². The lowest BCUT2D eigenvalue weighted by atomic mass is 9.64. The molecule has 0 N–H and O–H groups in total. The Morgan fingerprint density at radius 2 is 1.04 bits per heavy atom. The summed E-state index contributed by atoms with van der Waals surface area (Å²) in [5.41, 5.74) is -2.02. The van der Waals surface area contributed by atoms with Crippen molar-refractivity contribution in [1.29, 1.82) is 10.5 Å². The molecule has 2 aliphatic carbocycles. The van der Waals surface area contributed by atoms with Gasteiger partial charge in [-0.15, -0.1) is 0 Å². The molecule has 0 spiro atoms. The maximum absolute atomic E-state index is 15.4. The first-order valence-electron chi connectivity index (χ1n) is 17.6.